The molecule has 0 saturated carbocycles. The van der Waals surface area contributed by atoms with Crippen molar-refractivity contribution in [3.63, 3.8) is 0 Å². The molecule has 24 heavy (non-hydrogen) atoms. The zero-order chi connectivity index (χ0) is 16.2. The van der Waals surface area contributed by atoms with E-state index < -0.39 is 0 Å². The van der Waals surface area contributed by atoms with Crippen LogP contribution in [-0.4, -0.2) is 35.5 Å². The van der Waals surface area contributed by atoms with E-state index in [0.717, 1.165) is 50.2 Å². The fraction of sp³-hybridized carbons (Fsp3) is 0.368. The maximum absolute atomic E-state index is 5.48. The van der Waals surface area contributed by atoms with E-state index in [0.29, 0.717) is 11.8 Å². The summed E-state index contributed by atoms with van der Waals surface area (Å²) in [6, 6.07) is 9.97. The van der Waals surface area contributed by atoms with Gasteiger partial charge in [-0.05, 0) is 50.9 Å². The highest BCUT2D eigenvalue weighted by atomic mass is 16.5. The molecule has 1 atom stereocenters. The predicted molar refractivity (Wildman–Crippen MR) is 95.5 cm³/mol. The Balaban J connectivity index is 1.43. The zero-order valence-corrected chi connectivity index (χ0v) is 13.8. The Morgan fingerprint density at radius 3 is 2.92 bits per heavy atom. The second-order valence-electron chi connectivity index (χ2n) is 6.47. The molecule has 0 spiro atoms. The molecule has 5 heteroatoms. The van der Waals surface area contributed by atoms with Gasteiger partial charge in [0.1, 0.15) is 0 Å². The molecular formula is C19H21BN3O. The van der Waals surface area contributed by atoms with Crippen LogP contribution in [0.25, 0.3) is 11.5 Å². The highest BCUT2D eigenvalue weighted by molar-refractivity contribution is 6.43. The average Bonchev–Trinajstić information content (AvgIpc) is 3.14. The molecule has 1 aromatic carbocycles. The lowest BCUT2D eigenvalue weighted by Crippen LogP contribution is -2.38. The highest BCUT2D eigenvalue weighted by Crippen LogP contribution is 2.27. The minimum Gasteiger partial charge on any atom is -0.342 e. The van der Waals surface area contributed by atoms with Crippen molar-refractivity contribution in [2.45, 2.75) is 31.6 Å². The fourth-order valence-electron chi connectivity index (χ4n) is 3.37. The van der Waals surface area contributed by atoms with Crippen molar-refractivity contribution >= 4 is 7.41 Å². The molecule has 1 aromatic heterocycles. The minimum absolute atomic E-state index is 0.337. The zero-order valence-electron chi connectivity index (χ0n) is 13.8. The van der Waals surface area contributed by atoms with Crippen molar-refractivity contribution in [1.82, 2.24) is 15.0 Å². The van der Waals surface area contributed by atoms with Crippen LogP contribution in [-0.2, 0) is 0 Å². The molecular weight excluding hydrogens is 297 g/mol. The number of allylic oxidation sites excluding steroid dienone is 4. The van der Waals surface area contributed by atoms with E-state index in [-0.39, 0.29) is 0 Å². The van der Waals surface area contributed by atoms with Crippen molar-refractivity contribution in [2.24, 2.45) is 0 Å². The number of hydrogen-bond acceptors (Lipinski definition) is 4. The first-order chi connectivity index (χ1) is 11.9. The van der Waals surface area contributed by atoms with Gasteiger partial charge in [0, 0.05) is 11.5 Å². The van der Waals surface area contributed by atoms with Crippen molar-refractivity contribution < 1.29 is 4.52 Å². The van der Waals surface area contributed by atoms with Gasteiger partial charge in [-0.3, -0.25) is 0 Å². The molecule has 2 aliphatic rings. The topological polar surface area (TPSA) is 42.2 Å². The van der Waals surface area contributed by atoms with E-state index in [4.69, 9.17) is 4.52 Å². The summed E-state index contributed by atoms with van der Waals surface area (Å²) in [4.78, 5) is 7.04. The molecule has 1 unspecified atom stereocenters. The van der Waals surface area contributed by atoms with Gasteiger partial charge in [-0.25, -0.2) is 0 Å². The number of hydrogen-bond donors (Lipinski definition) is 0. The largest absolute Gasteiger partial charge is 0.342 e. The number of rotatable bonds is 4. The van der Waals surface area contributed by atoms with Crippen LogP contribution in [0.3, 0.4) is 0 Å². The van der Waals surface area contributed by atoms with Crippen LogP contribution < -0.4 is 0 Å². The molecule has 2 aromatic rings. The SMILES string of the molecule is [B](C1=CCCC=C1)N1CCCC(c2noc(-c3ccccc3)n2)C1. The molecule has 1 aliphatic heterocycles. The van der Waals surface area contributed by atoms with Crippen LogP contribution in [0.5, 0.6) is 0 Å². The Kier molecular flexibility index (Phi) is 4.61. The average molecular weight is 318 g/mol. The second-order valence-corrected chi connectivity index (χ2v) is 6.47. The Morgan fingerprint density at radius 1 is 1.17 bits per heavy atom. The molecule has 2 heterocycles. The number of piperidine rings is 1. The molecule has 0 amide bonds. The van der Waals surface area contributed by atoms with Gasteiger partial charge in [-0.2, -0.15) is 4.98 Å². The summed E-state index contributed by atoms with van der Waals surface area (Å²) in [5.41, 5.74) is 2.30. The molecule has 4 nitrogen and oxygen atoms in total. The first kappa shape index (κ1) is 15.4. The molecule has 121 valence electrons. The van der Waals surface area contributed by atoms with Crippen LogP contribution >= 0.6 is 0 Å². The maximum Gasteiger partial charge on any atom is 0.257 e. The van der Waals surface area contributed by atoms with Gasteiger partial charge in [-0.1, -0.05) is 47.1 Å². The number of nitrogens with zero attached hydrogens (tertiary/aromatic N) is 3. The monoisotopic (exact) mass is 318 g/mol. The Hall–Kier alpha value is -2.14. The number of benzene rings is 1. The van der Waals surface area contributed by atoms with Crippen LogP contribution in [0.1, 0.15) is 37.4 Å². The lowest BCUT2D eigenvalue weighted by molar-refractivity contribution is 0.310. The lowest BCUT2D eigenvalue weighted by Gasteiger charge is -2.31. The molecule has 4 rings (SSSR count). The maximum atomic E-state index is 5.48. The third-order valence-corrected chi connectivity index (χ3v) is 4.64. The first-order valence-corrected chi connectivity index (χ1v) is 8.73. The van der Waals surface area contributed by atoms with Gasteiger partial charge in [0.15, 0.2) is 5.82 Å². The Morgan fingerprint density at radius 2 is 2.08 bits per heavy atom. The Labute approximate surface area is 143 Å². The summed E-state index contributed by atoms with van der Waals surface area (Å²) >= 11 is 0. The summed E-state index contributed by atoms with van der Waals surface area (Å²) < 4.78 is 5.48. The molecule has 1 fully saturated rings. The van der Waals surface area contributed by atoms with E-state index in [1.165, 1.54) is 5.47 Å². The van der Waals surface area contributed by atoms with Crippen LogP contribution in [0.15, 0.2) is 58.6 Å². The smallest absolute Gasteiger partial charge is 0.257 e. The highest BCUT2D eigenvalue weighted by Gasteiger charge is 2.26. The van der Waals surface area contributed by atoms with E-state index in [1.54, 1.807) is 0 Å². The van der Waals surface area contributed by atoms with Gasteiger partial charge < -0.3 is 9.33 Å². The van der Waals surface area contributed by atoms with Crippen molar-refractivity contribution in [1.29, 1.82) is 0 Å². The fourth-order valence-corrected chi connectivity index (χ4v) is 3.37. The quantitative estimate of drug-likeness (QED) is 0.805. The van der Waals surface area contributed by atoms with Crippen molar-refractivity contribution in [3.05, 3.63) is 59.9 Å². The standard InChI is InChI=1S/C19H21BN3O/c1-3-8-15(9-4-1)19-21-18(22-24-19)16-10-7-13-23(14-16)20-17-11-5-2-6-12-17/h1,3-5,8-9,11-12,16H,2,6-7,10,13-14H2. The predicted octanol–water partition coefficient (Wildman–Crippen LogP) is 3.77. The van der Waals surface area contributed by atoms with E-state index in [9.17, 15) is 0 Å². The Bertz CT molecular complexity index is 738. The molecule has 1 aliphatic carbocycles. The third kappa shape index (κ3) is 3.51. The summed E-state index contributed by atoms with van der Waals surface area (Å²) in [6.07, 6.45) is 11.4. The first-order valence-electron chi connectivity index (χ1n) is 8.73. The van der Waals surface area contributed by atoms with Gasteiger partial charge in [0.2, 0.25) is 7.41 Å². The van der Waals surface area contributed by atoms with E-state index in [1.807, 2.05) is 30.3 Å². The number of aromatic nitrogens is 2. The summed E-state index contributed by atoms with van der Waals surface area (Å²) in [5, 5.41) is 4.24. The van der Waals surface area contributed by atoms with Gasteiger partial charge in [-0.15, -0.1) is 0 Å². The normalized spacial score (nSPS) is 21.5. The van der Waals surface area contributed by atoms with Crippen molar-refractivity contribution in [2.75, 3.05) is 13.1 Å². The summed E-state index contributed by atoms with van der Waals surface area (Å²) in [5.74, 6) is 1.79. The van der Waals surface area contributed by atoms with Crippen LogP contribution in [0.2, 0.25) is 0 Å². The van der Waals surface area contributed by atoms with Crippen LogP contribution in [0, 0.1) is 0 Å². The third-order valence-electron chi connectivity index (χ3n) is 4.64. The van der Waals surface area contributed by atoms with Gasteiger partial charge in [0.05, 0.1) is 0 Å². The summed E-state index contributed by atoms with van der Waals surface area (Å²) in [6.45, 7) is 2.06. The molecule has 1 radical (unpaired) electrons. The van der Waals surface area contributed by atoms with E-state index >= 15 is 0 Å². The van der Waals surface area contributed by atoms with Crippen LogP contribution in [0.4, 0.5) is 0 Å². The molecule has 1 saturated heterocycles. The van der Waals surface area contributed by atoms with E-state index in [2.05, 4.69) is 40.6 Å². The summed E-state index contributed by atoms with van der Waals surface area (Å²) in [7, 11) is 2.28. The lowest BCUT2D eigenvalue weighted by atomic mass is 9.75. The molecule has 0 N–H and O–H groups in total. The molecule has 0 bridgehead atoms. The van der Waals surface area contributed by atoms with Gasteiger partial charge >= 0.3 is 0 Å². The van der Waals surface area contributed by atoms with Gasteiger partial charge in [0.25, 0.3) is 5.89 Å². The van der Waals surface area contributed by atoms with Crippen molar-refractivity contribution in [3.8, 4) is 11.5 Å². The minimum atomic E-state index is 0.337. The second kappa shape index (κ2) is 7.18.